The topological polar surface area (TPSA) is 49.0 Å². The van der Waals surface area contributed by atoms with Crippen molar-refractivity contribution < 1.29 is 13.5 Å². The quantitative estimate of drug-likeness (QED) is 0.839. The first-order chi connectivity index (χ1) is 8.54. The van der Waals surface area contributed by atoms with Crippen LogP contribution < -0.4 is 10.4 Å². The van der Waals surface area contributed by atoms with Crippen LogP contribution in [0.5, 0.6) is 5.75 Å². The molecule has 0 bridgehead atoms. The normalized spacial score (nSPS) is 10.9. The summed E-state index contributed by atoms with van der Waals surface area (Å²) in [6.07, 6.45) is 0. The zero-order valence-electron chi connectivity index (χ0n) is 9.80. The monoisotopic (exact) mass is 255 g/mol. The van der Waals surface area contributed by atoms with Crippen molar-refractivity contribution >= 4 is 0 Å². The Morgan fingerprint density at radius 2 is 2.11 bits per heavy atom. The number of rotatable bonds is 3. The summed E-state index contributed by atoms with van der Waals surface area (Å²) in [7, 11) is 1.48. The lowest BCUT2D eigenvalue weighted by Gasteiger charge is -2.02. The molecular formula is C11H11F2N3O2. The smallest absolute Gasteiger partial charge is 0.355 e. The van der Waals surface area contributed by atoms with Crippen molar-refractivity contribution in [3.8, 4) is 11.4 Å². The van der Waals surface area contributed by atoms with E-state index in [9.17, 15) is 13.6 Å². The highest BCUT2D eigenvalue weighted by atomic mass is 19.3. The first-order valence-electron chi connectivity index (χ1n) is 5.15. The molecule has 2 rings (SSSR count). The molecule has 0 atom stereocenters. The third-order valence-electron chi connectivity index (χ3n) is 2.47. The van der Waals surface area contributed by atoms with Crippen LogP contribution in [0.4, 0.5) is 8.78 Å². The molecule has 7 heteroatoms. The van der Waals surface area contributed by atoms with Gasteiger partial charge in [-0.1, -0.05) is 6.07 Å². The van der Waals surface area contributed by atoms with Crippen molar-refractivity contribution in [1.29, 1.82) is 0 Å². The van der Waals surface area contributed by atoms with Gasteiger partial charge in [-0.05, 0) is 19.1 Å². The lowest BCUT2D eigenvalue weighted by molar-refractivity contribution is 0.0640. The Morgan fingerprint density at radius 3 is 2.67 bits per heavy atom. The van der Waals surface area contributed by atoms with Crippen LogP contribution in [-0.4, -0.2) is 21.5 Å². The summed E-state index contributed by atoms with van der Waals surface area (Å²) in [5.41, 5.74) is -0.502. The van der Waals surface area contributed by atoms with Gasteiger partial charge in [-0.2, -0.15) is 18.6 Å². The highest BCUT2D eigenvalue weighted by Crippen LogP contribution is 2.16. The number of hydrogen-bond acceptors (Lipinski definition) is 3. The number of benzene rings is 1. The second-order valence-corrected chi connectivity index (χ2v) is 3.59. The highest BCUT2D eigenvalue weighted by Gasteiger charge is 2.18. The third kappa shape index (κ3) is 1.99. The van der Waals surface area contributed by atoms with E-state index in [1.165, 1.54) is 14.0 Å². The van der Waals surface area contributed by atoms with Gasteiger partial charge in [0.05, 0.1) is 12.8 Å². The molecule has 0 N–H and O–H groups in total. The molecule has 18 heavy (non-hydrogen) atoms. The molecular weight excluding hydrogens is 244 g/mol. The summed E-state index contributed by atoms with van der Waals surface area (Å²) in [6.45, 7) is -1.55. The van der Waals surface area contributed by atoms with Crippen molar-refractivity contribution in [2.45, 2.75) is 13.5 Å². The van der Waals surface area contributed by atoms with Crippen molar-refractivity contribution in [3.63, 3.8) is 0 Å². The van der Waals surface area contributed by atoms with E-state index in [0.29, 0.717) is 16.0 Å². The van der Waals surface area contributed by atoms with Gasteiger partial charge in [-0.15, -0.1) is 0 Å². The van der Waals surface area contributed by atoms with Gasteiger partial charge in [0.2, 0.25) is 0 Å². The van der Waals surface area contributed by atoms with Crippen molar-refractivity contribution in [1.82, 2.24) is 14.3 Å². The zero-order valence-corrected chi connectivity index (χ0v) is 9.80. The standard InChI is InChI=1S/C11H11F2N3O2/c1-7-14-16(11(17)15(7)10(12)13)8-4-3-5-9(6-8)18-2/h3-6,10H,1-2H3. The number of halogens is 2. The fraction of sp³-hybridized carbons (Fsp3) is 0.273. The summed E-state index contributed by atoms with van der Waals surface area (Å²) < 4.78 is 31.6. The Labute approximate surface area is 101 Å². The maximum Gasteiger partial charge on any atom is 0.355 e. The number of aryl methyl sites for hydroxylation is 1. The maximum absolute atomic E-state index is 12.6. The average molecular weight is 255 g/mol. The number of ether oxygens (including phenoxy) is 1. The van der Waals surface area contributed by atoms with Gasteiger partial charge in [-0.3, -0.25) is 0 Å². The van der Waals surface area contributed by atoms with Gasteiger partial charge in [0.1, 0.15) is 11.6 Å². The molecule has 0 aliphatic heterocycles. The summed E-state index contributed by atoms with van der Waals surface area (Å²) in [5.74, 6) is 0.474. The maximum atomic E-state index is 12.6. The first kappa shape index (κ1) is 12.3. The number of hydrogen-bond donors (Lipinski definition) is 0. The van der Waals surface area contributed by atoms with Crippen LogP contribution in [0.2, 0.25) is 0 Å². The highest BCUT2D eigenvalue weighted by molar-refractivity contribution is 5.38. The molecule has 2 aromatic rings. The molecule has 0 unspecified atom stereocenters. The predicted molar refractivity (Wildman–Crippen MR) is 60.4 cm³/mol. The van der Waals surface area contributed by atoms with Crippen LogP contribution in [0.15, 0.2) is 29.1 Å². The molecule has 0 amide bonds. The molecule has 96 valence electrons. The van der Waals surface area contributed by atoms with Crippen molar-refractivity contribution in [2.75, 3.05) is 7.11 Å². The SMILES string of the molecule is COc1cccc(-n2nc(C)n(C(F)F)c2=O)c1. The predicted octanol–water partition coefficient (Wildman–Crippen LogP) is 1.75. The van der Waals surface area contributed by atoms with E-state index in [2.05, 4.69) is 5.10 Å². The summed E-state index contributed by atoms with van der Waals surface area (Å²) in [5, 5.41) is 3.81. The number of methoxy groups -OCH3 is 1. The first-order valence-corrected chi connectivity index (χ1v) is 5.15. The average Bonchev–Trinajstić information content (AvgIpc) is 2.65. The van der Waals surface area contributed by atoms with Crippen molar-refractivity contribution in [3.05, 3.63) is 40.6 Å². The number of alkyl halides is 2. The summed E-state index contributed by atoms with van der Waals surface area (Å²) >= 11 is 0. The van der Waals surface area contributed by atoms with Gasteiger partial charge in [0.15, 0.2) is 0 Å². The van der Waals surface area contributed by atoms with E-state index >= 15 is 0 Å². The Morgan fingerprint density at radius 1 is 1.39 bits per heavy atom. The van der Waals surface area contributed by atoms with E-state index in [1.54, 1.807) is 24.3 Å². The van der Waals surface area contributed by atoms with Gasteiger partial charge < -0.3 is 4.74 Å². The van der Waals surface area contributed by atoms with E-state index in [-0.39, 0.29) is 5.82 Å². The molecule has 0 saturated heterocycles. The molecule has 0 saturated carbocycles. The molecule has 5 nitrogen and oxygen atoms in total. The van der Waals surface area contributed by atoms with Gasteiger partial charge in [0, 0.05) is 6.07 Å². The lowest BCUT2D eigenvalue weighted by Crippen LogP contribution is -2.24. The Hall–Kier alpha value is -2.18. The number of aromatic nitrogens is 3. The van der Waals surface area contributed by atoms with Crippen LogP contribution in [-0.2, 0) is 0 Å². The minimum atomic E-state index is -2.91. The number of nitrogens with zero attached hydrogens (tertiary/aromatic N) is 3. The van der Waals surface area contributed by atoms with Gasteiger partial charge in [-0.25, -0.2) is 9.36 Å². The van der Waals surface area contributed by atoms with Gasteiger partial charge >= 0.3 is 12.2 Å². The fourth-order valence-electron chi connectivity index (χ4n) is 1.61. The largest absolute Gasteiger partial charge is 0.497 e. The second kappa shape index (κ2) is 4.59. The Balaban J connectivity index is 2.58. The van der Waals surface area contributed by atoms with Crippen LogP contribution in [0.1, 0.15) is 12.4 Å². The Kier molecular flexibility index (Phi) is 3.14. The third-order valence-corrected chi connectivity index (χ3v) is 2.47. The van der Waals surface area contributed by atoms with E-state index < -0.39 is 12.2 Å². The van der Waals surface area contributed by atoms with Crippen LogP contribution in [0.3, 0.4) is 0 Å². The molecule has 1 aromatic heterocycles. The minimum absolute atomic E-state index is 0.0437. The van der Waals surface area contributed by atoms with E-state index in [4.69, 9.17) is 4.74 Å². The molecule has 0 fully saturated rings. The lowest BCUT2D eigenvalue weighted by atomic mass is 10.3. The summed E-state index contributed by atoms with van der Waals surface area (Å²) in [6, 6.07) is 6.47. The van der Waals surface area contributed by atoms with E-state index in [1.807, 2.05) is 0 Å². The van der Waals surface area contributed by atoms with Crippen LogP contribution in [0, 0.1) is 6.92 Å². The second-order valence-electron chi connectivity index (χ2n) is 3.59. The Bertz CT molecular complexity index is 619. The molecule has 0 aliphatic carbocycles. The fourth-order valence-corrected chi connectivity index (χ4v) is 1.61. The minimum Gasteiger partial charge on any atom is -0.497 e. The molecule has 0 aliphatic rings. The molecule has 1 aromatic carbocycles. The molecule has 0 spiro atoms. The zero-order chi connectivity index (χ0) is 13.3. The van der Waals surface area contributed by atoms with Crippen LogP contribution >= 0.6 is 0 Å². The van der Waals surface area contributed by atoms with Crippen LogP contribution in [0.25, 0.3) is 5.69 Å². The van der Waals surface area contributed by atoms with Crippen molar-refractivity contribution in [2.24, 2.45) is 0 Å². The van der Waals surface area contributed by atoms with Gasteiger partial charge in [0.25, 0.3) is 0 Å². The van der Waals surface area contributed by atoms with E-state index in [0.717, 1.165) is 4.68 Å². The summed E-state index contributed by atoms with van der Waals surface area (Å²) in [4.78, 5) is 11.8. The molecule has 1 heterocycles. The molecule has 0 radical (unpaired) electrons.